The van der Waals surface area contributed by atoms with E-state index in [0.717, 1.165) is 16.8 Å². The van der Waals surface area contributed by atoms with Crippen molar-refractivity contribution in [1.82, 2.24) is 0 Å². The van der Waals surface area contributed by atoms with Crippen LogP contribution in [0.1, 0.15) is 17.5 Å². The number of ether oxygens (including phenoxy) is 1. The van der Waals surface area contributed by atoms with E-state index >= 15 is 0 Å². The van der Waals surface area contributed by atoms with Gasteiger partial charge in [-0.1, -0.05) is 12.1 Å². The Bertz CT molecular complexity index is 781. The van der Waals surface area contributed by atoms with Gasteiger partial charge in [0.25, 0.3) is 5.91 Å². The summed E-state index contributed by atoms with van der Waals surface area (Å²) in [7, 11) is 1.55. The number of imide groups is 1. The molecule has 0 radical (unpaired) electrons. The van der Waals surface area contributed by atoms with Gasteiger partial charge in [-0.3, -0.25) is 9.59 Å². The Balaban J connectivity index is 1.83. The molecule has 0 bridgehead atoms. The molecule has 0 aliphatic carbocycles. The van der Waals surface area contributed by atoms with Crippen LogP contribution >= 0.6 is 0 Å². The predicted octanol–water partition coefficient (Wildman–Crippen LogP) is 3.06. The van der Waals surface area contributed by atoms with Crippen LogP contribution in [0, 0.1) is 13.8 Å². The Labute approximate surface area is 141 Å². The van der Waals surface area contributed by atoms with Crippen LogP contribution < -0.4 is 15.0 Å². The number of anilines is 2. The Kier molecular flexibility index (Phi) is 4.25. The maximum absolute atomic E-state index is 12.7. The maximum Gasteiger partial charge on any atom is 0.256 e. The van der Waals surface area contributed by atoms with Gasteiger partial charge in [0, 0.05) is 11.8 Å². The normalized spacial score (nSPS) is 17.3. The molecule has 3 rings (SSSR count). The van der Waals surface area contributed by atoms with Crippen LogP contribution in [0.4, 0.5) is 11.4 Å². The summed E-state index contributed by atoms with van der Waals surface area (Å²) in [6.45, 7) is 4.00. The molecule has 5 nitrogen and oxygen atoms in total. The molecule has 1 aliphatic rings. The van der Waals surface area contributed by atoms with Gasteiger partial charge in [0.1, 0.15) is 11.8 Å². The first kappa shape index (κ1) is 16.1. The van der Waals surface area contributed by atoms with E-state index in [9.17, 15) is 9.59 Å². The fourth-order valence-electron chi connectivity index (χ4n) is 3.02. The number of hydrogen-bond donors (Lipinski definition) is 1. The van der Waals surface area contributed by atoms with Crippen molar-refractivity contribution < 1.29 is 14.3 Å². The number of nitrogens with zero attached hydrogens (tertiary/aromatic N) is 1. The van der Waals surface area contributed by atoms with Crippen molar-refractivity contribution in [3.05, 3.63) is 53.6 Å². The SMILES string of the molecule is COc1cccc(N2C(=O)C[C@@H](Nc3cc(C)cc(C)c3)C2=O)c1. The molecule has 5 heteroatoms. The minimum atomic E-state index is -0.551. The van der Waals surface area contributed by atoms with Crippen molar-refractivity contribution in [2.45, 2.75) is 26.3 Å². The molecule has 0 unspecified atom stereocenters. The second-order valence-electron chi connectivity index (χ2n) is 6.05. The molecule has 1 aliphatic heterocycles. The number of aryl methyl sites for hydroxylation is 2. The van der Waals surface area contributed by atoms with Crippen LogP contribution in [0.3, 0.4) is 0 Å². The van der Waals surface area contributed by atoms with Gasteiger partial charge in [0.2, 0.25) is 5.91 Å². The van der Waals surface area contributed by atoms with E-state index in [4.69, 9.17) is 4.74 Å². The van der Waals surface area contributed by atoms with Crippen molar-refractivity contribution >= 4 is 23.2 Å². The number of nitrogens with one attached hydrogen (secondary N) is 1. The number of hydrogen-bond acceptors (Lipinski definition) is 4. The lowest BCUT2D eigenvalue weighted by atomic mass is 10.1. The summed E-state index contributed by atoms with van der Waals surface area (Å²) in [6.07, 6.45) is 0.142. The van der Waals surface area contributed by atoms with Crippen molar-refractivity contribution in [1.29, 1.82) is 0 Å². The van der Waals surface area contributed by atoms with Crippen molar-refractivity contribution in [2.75, 3.05) is 17.3 Å². The first-order chi connectivity index (χ1) is 11.5. The predicted molar refractivity (Wildman–Crippen MR) is 93.4 cm³/mol. The molecule has 0 aromatic heterocycles. The molecule has 2 amide bonds. The first-order valence-corrected chi connectivity index (χ1v) is 7.83. The molecule has 0 spiro atoms. The Hall–Kier alpha value is -2.82. The van der Waals surface area contributed by atoms with E-state index in [1.807, 2.05) is 26.0 Å². The Morgan fingerprint density at radius 1 is 1.08 bits per heavy atom. The third kappa shape index (κ3) is 3.11. The van der Waals surface area contributed by atoms with Gasteiger partial charge in [-0.25, -0.2) is 4.90 Å². The summed E-state index contributed by atoms with van der Waals surface area (Å²) in [6, 6.07) is 12.4. The summed E-state index contributed by atoms with van der Waals surface area (Å²) in [5, 5.41) is 3.19. The largest absolute Gasteiger partial charge is 0.497 e. The van der Waals surface area contributed by atoms with E-state index in [2.05, 4.69) is 11.4 Å². The molecular weight excluding hydrogens is 304 g/mol. The number of carbonyl (C=O) groups excluding carboxylic acids is 2. The Morgan fingerprint density at radius 3 is 2.46 bits per heavy atom. The van der Waals surface area contributed by atoms with Crippen LogP contribution in [-0.2, 0) is 9.59 Å². The quantitative estimate of drug-likeness (QED) is 0.878. The monoisotopic (exact) mass is 324 g/mol. The van der Waals surface area contributed by atoms with E-state index in [1.54, 1.807) is 31.4 Å². The van der Waals surface area contributed by atoms with E-state index in [1.165, 1.54) is 4.90 Å². The highest BCUT2D eigenvalue weighted by molar-refractivity contribution is 6.23. The Morgan fingerprint density at radius 2 is 1.79 bits per heavy atom. The molecule has 124 valence electrons. The fraction of sp³-hybridized carbons (Fsp3) is 0.263. The molecular formula is C19H20N2O3. The molecule has 1 saturated heterocycles. The average molecular weight is 324 g/mol. The van der Waals surface area contributed by atoms with Gasteiger partial charge >= 0.3 is 0 Å². The summed E-state index contributed by atoms with van der Waals surface area (Å²) in [5.41, 5.74) is 3.61. The zero-order valence-electron chi connectivity index (χ0n) is 14.0. The first-order valence-electron chi connectivity index (χ1n) is 7.83. The number of rotatable bonds is 4. The van der Waals surface area contributed by atoms with Gasteiger partial charge < -0.3 is 10.1 Å². The molecule has 0 saturated carbocycles. The van der Waals surface area contributed by atoms with Crippen molar-refractivity contribution in [3.63, 3.8) is 0 Å². The van der Waals surface area contributed by atoms with Gasteiger partial charge in [0.05, 0.1) is 19.2 Å². The smallest absolute Gasteiger partial charge is 0.256 e. The van der Waals surface area contributed by atoms with E-state index in [0.29, 0.717) is 11.4 Å². The maximum atomic E-state index is 12.7. The third-order valence-corrected chi connectivity index (χ3v) is 4.02. The van der Waals surface area contributed by atoms with Gasteiger partial charge in [0.15, 0.2) is 0 Å². The highest BCUT2D eigenvalue weighted by Gasteiger charge is 2.39. The topological polar surface area (TPSA) is 58.6 Å². The van der Waals surface area contributed by atoms with Crippen LogP contribution in [0.25, 0.3) is 0 Å². The van der Waals surface area contributed by atoms with Gasteiger partial charge in [-0.15, -0.1) is 0 Å². The average Bonchev–Trinajstić information content (AvgIpc) is 2.80. The molecule has 1 atom stereocenters. The molecule has 2 aromatic rings. The summed E-state index contributed by atoms with van der Waals surface area (Å²) >= 11 is 0. The summed E-state index contributed by atoms with van der Waals surface area (Å²) in [4.78, 5) is 26.3. The van der Waals surface area contributed by atoms with Crippen LogP contribution in [0.2, 0.25) is 0 Å². The van der Waals surface area contributed by atoms with E-state index < -0.39 is 6.04 Å². The number of carbonyl (C=O) groups is 2. The molecule has 2 aromatic carbocycles. The lowest BCUT2D eigenvalue weighted by Crippen LogP contribution is -2.34. The molecule has 1 heterocycles. The molecule has 1 fully saturated rings. The number of benzene rings is 2. The van der Waals surface area contributed by atoms with Crippen molar-refractivity contribution in [2.24, 2.45) is 0 Å². The lowest BCUT2D eigenvalue weighted by molar-refractivity contribution is -0.121. The summed E-state index contributed by atoms with van der Waals surface area (Å²) < 4.78 is 5.17. The van der Waals surface area contributed by atoms with Crippen molar-refractivity contribution in [3.8, 4) is 5.75 Å². The van der Waals surface area contributed by atoms with E-state index in [-0.39, 0.29) is 18.2 Å². The van der Waals surface area contributed by atoms with Crippen LogP contribution in [0.5, 0.6) is 5.75 Å². The molecule has 24 heavy (non-hydrogen) atoms. The number of amides is 2. The zero-order chi connectivity index (χ0) is 17.3. The number of methoxy groups -OCH3 is 1. The second-order valence-corrected chi connectivity index (χ2v) is 6.05. The van der Waals surface area contributed by atoms with Gasteiger partial charge in [-0.2, -0.15) is 0 Å². The third-order valence-electron chi connectivity index (χ3n) is 4.02. The summed E-state index contributed by atoms with van der Waals surface area (Å²) in [5.74, 6) is 0.154. The minimum Gasteiger partial charge on any atom is -0.497 e. The lowest BCUT2D eigenvalue weighted by Gasteiger charge is -2.17. The second kappa shape index (κ2) is 6.35. The highest BCUT2D eigenvalue weighted by Crippen LogP contribution is 2.28. The minimum absolute atomic E-state index is 0.142. The zero-order valence-corrected chi connectivity index (χ0v) is 14.0. The van der Waals surface area contributed by atoms with Crippen LogP contribution in [-0.4, -0.2) is 25.0 Å². The highest BCUT2D eigenvalue weighted by atomic mass is 16.5. The fourth-order valence-corrected chi connectivity index (χ4v) is 3.02. The molecule has 1 N–H and O–H groups in total. The van der Waals surface area contributed by atoms with Crippen LogP contribution in [0.15, 0.2) is 42.5 Å². The standard InChI is InChI=1S/C19H20N2O3/c1-12-7-13(2)9-14(8-12)20-17-11-18(22)21(19(17)23)15-5-4-6-16(10-15)24-3/h4-10,17,20H,11H2,1-3H3/t17-/m1/s1. The van der Waals surface area contributed by atoms with Gasteiger partial charge in [-0.05, 0) is 49.2 Å².